The Morgan fingerprint density at radius 1 is 1.42 bits per heavy atom. The summed E-state index contributed by atoms with van der Waals surface area (Å²) in [5, 5.41) is 2.85. The van der Waals surface area contributed by atoms with Gasteiger partial charge in [-0.05, 0) is 23.5 Å². The lowest BCUT2D eigenvalue weighted by Gasteiger charge is -2.25. The maximum Gasteiger partial charge on any atom is 0.237 e. The molecule has 0 saturated heterocycles. The van der Waals surface area contributed by atoms with Crippen LogP contribution in [0.5, 0.6) is 0 Å². The van der Waals surface area contributed by atoms with Crippen molar-refractivity contribution >= 4 is 30.7 Å². The van der Waals surface area contributed by atoms with Gasteiger partial charge in [0.25, 0.3) is 0 Å². The van der Waals surface area contributed by atoms with Crippen LogP contribution in [-0.2, 0) is 11.2 Å². The molecule has 1 amide bonds. The van der Waals surface area contributed by atoms with Crippen molar-refractivity contribution in [2.45, 2.75) is 33.2 Å². The Morgan fingerprint density at radius 2 is 2.05 bits per heavy atom. The van der Waals surface area contributed by atoms with Gasteiger partial charge in [0.05, 0.1) is 6.04 Å². The van der Waals surface area contributed by atoms with E-state index in [9.17, 15) is 4.79 Å². The van der Waals surface area contributed by atoms with Crippen LogP contribution in [0.25, 0.3) is 0 Å². The van der Waals surface area contributed by atoms with Crippen LogP contribution in [0.1, 0.15) is 26.3 Å². The van der Waals surface area contributed by atoms with E-state index in [-0.39, 0.29) is 36.1 Å². The van der Waals surface area contributed by atoms with E-state index in [1.165, 1.54) is 0 Å². The minimum absolute atomic E-state index is 0. The van der Waals surface area contributed by atoms with Crippen LogP contribution in [-0.4, -0.2) is 23.5 Å². The largest absolute Gasteiger partial charge is 0.354 e. The summed E-state index contributed by atoms with van der Waals surface area (Å²) in [6, 6.07) is 3.40. The minimum atomic E-state index is -0.476. The molecule has 3 N–H and O–H groups in total. The number of pyridine rings is 1. The van der Waals surface area contributed by atoms with E-state index in [2.05, 4.69) is 10.3 Å². The fourth-order valence-electron chi connectivity index (χ4n) is 1.38. The van der Waals surface area contributed by atoms with Crippen LogP contribution in [0.15, 0.2) is 24.5 Å². The average Bonchev–Trinajstić information content (AvgIpc) is 2.28. The Bertz CT molecular complexity index is 366. The van der Waals surface area contributed by atoms with E-state index < -0.39 is 6.04 Å². The van der Waals surface area contributed by atoms with Crippen LogP contribution < -0.4 is 11.1 Å². The molecule has 0 radical (unpaired) electrons. The highest BCUT2D eigenvalue weighted by atomic mass is 35.5. The Balaban J connectivity index is 0. The zero-order valence-electron chi connectivity index (χ0n) is 11.6. The maximum absolute atomic E-state index is 11.7. The molecule has 19 heavy (non-hydrogen) atoms. The molecule has 4 nitrogen and oxygen atoms in total. The summed E-state index contributed by atoms with van der Waals surface area (Å²) in [6.45, 7) is 6.46. The Morgan fingerprint density at radius 3 is 2.53 bits per heavy atom. The fourth-order valence-corrected chi connectivity index (χ4v) is 1.38. The van der Waals surface area contributed by atoms with Crippen molar-refractivity contribution in [2.75, 3.05) is 6.54 Å². The highest BCUT2D eigenvalue weighted by Crippen LogP contribution is 2.16. The smallest absolute Gasteiger partial charge is 0.237 e. The van der Waals surface area contributed by atoms with E-state index in [1.807, 2.05) is 32.9 Å². The van der Waals surface area contributed by atoms with Gasteiger partial charge >= 0.3 is 0 Å². The van der Waals surface area contributed by atoms with Crippen LogP contribution in [0.2, 0.25) is 0 Å². The van der Waals surface area contributed by atoms with E-state index in [0.717, 1.165) is 12.0 Å². The van der Waals surface area contributed by atoms with Crippen molar-refractivity contribution in [2.24, 2.45) is 11.1 Å². The third-order valence-corrected chi connectivity index (χ3v) is 2.65. The summed E-state index contributed by atoms with van der Waals surface area (Å²) >= 11 is 0. The molecule has 110 valence electrons. The van der Waals surface area contributed by atoms with E-state index in [1.54, 1.807) is 12.4 Å². The zero-order chi connectivity index (χ0) is 12.9. The summed E-state index contributed by atoms with van der Waals surface area (Å²) in [4.78, 5) is 15.7. The average molecular weight is 308 g/mol. The number of hydrogen-bond donors (Lipinski definition) is 2. The lowest BCUT2D eigenvalue weighted by Crippen LogP contribution is -2.48. The predicted octanol–water partition coefficient (Wildman–Crippen LogP) is 1.96. The number of hydrogen-bond acceptors (Lipinski definition) is 3. The zero-order valence-corrected chi connectivity index (χ0v) is 13.2. The Kier molecular flexibility index (Phi) is 9.84. The molecule has 0 aliphatic heterocycles. The molecule has 1 rings (SSSR count). The van der Waals surface area contributed by atoms with E-state index in [4.69, 9.17) is 5.73 Å². The Labute approximate surface area is 127 Å². The molecule has 0 spiro atoms. The van der Waals surface area contributed by atoms with E-state index >= 15 is 0 Å². The number of carbonyl (C=O) groups is 1. The van der Waals surface area contributed by atoms with Crippen LogP contribution in [0.3, 0.4) is 0 Å². The molecular weight excluding hydrogens is 285 g/mol. The molecule has 0 fully saturated rings. The third kappa shape index (κ3) is 7.35. The van der Waals surface area contributed by atoms with Gasteiger partial charge in [0.15, 0.2) is 0 Å². The molecule has 0 unspecified atom stereocenters. The number of aromatic nitrogens is 1. The number of carbonyl (C=O) groups excluding carboxylic acids is 1. The van der Waals surface area contributed by atoms with Crippen LogP contribution in [0, 0.1) is 5.41 Å². The first-order chi connectivity index (χ1) is 7.91. The first kappa shape index (κ1) is 20.5. The van der Waals surface area contributed by atoms with Crippen LogP contribution >= 0.6 is 24.8 Å². The molecule has 0 aliphatic rings. The monoisotopic (exact) mass is 307 g/mol. The number of nitrogens with zero attached hydrogens (tertiary/aromatic N) is 1. The van der Waals surface area contributed by atoms with Crippen molar-refractivity contribution in [3.05, 3.63) is 30.1 Å². The number of nitrogens with one attached hydrogen (secondary N) is 1. The number of rotatable bonds is 4. The summed E-state index contributed by atoms with van der Waals surface area (Å²) in [5.74, 6) is -0.0959. The van der Waals surface area contributed by atoms with Gasteiger partial charge in [0, 0.05) is 18.9 Å². The van der Waals surface area contributed by atoms with E-state index in [0.29, 0.717) is 6.54 Å². The van der Waals surface area contributed by atoms with Crippen molar-refractivity contribution in [3.63, 3.8) is 0 Å². The molecule has 0 aliphatic carbocycles. The second kappa shape index (κ2) is 9.13. The second-order valence-corrected chi connectivity index (χ2v) is 5.25. The lowest BCUT2D eigenvalue weighted by atomic mass is 9.87. The van der Waals surface area contributed by atoms with Gasteiger partial charge in [-0.2, -0.15) is 0 Å². The maximum atomic E-state index is 11.7. The second-order valence-electron chi connectivity index (χ2n) is 5.25. The summed E-state index contributed by atoms with van der Waals surface area (Å²) in [5.41, 5.74) is 6.75. The van der Waals surface area contributed by atoms with Gasteiger partial charge in [-0.25, -0.2) is 0 Å². The molecule has 1 aromatic rings. The predicted molar refractivity (Wildman–Crippen MR) is 82.9 cm³/mol. The highest BCUT2D eigenvalue weighted by molar-refractivity contribution is 5.85. The van der Waals surface area contributed by atoms with Crippen molar-refractivity contribution in [1.29, 1.82) is 0 Å². The fraction of sp³-hybridized carbons (Fsp3) is 0.538. The number of halogens is 2. The summed E-state index contributed by atoms with van der Waals surface area (Å²) < 4.78 is 0. The van der Waals surface area contributed by atoms with Gasteiger partial charge in [0.2, 0.25) is 5.91 Å². The first-order valence-electron chi connectivity index (χ1n) is 5.83. The van der Waals surface area contributed by atoms with Crippen molar-refractivity contribution < 1.29 is 4.79 Å². The molecule has 1 heterocycles. The Hall–Kier alpha value is -0.840. The topological polar surface area (TPSA) is 68.0 Å². The standard InChI is InChI=1S/C13H21N3O.2ClH/c1-13(2,3)11(14)12(17)16-8-6-10-5-4-7-15-9-10;;/h4-5,7,9,11H,6,8,14H2,1-3H3,(H,16,17);2*1H/t11-;;/m1../s1. The molecule has 6 heteroatoms. The van der Waals surface area contributed by atoms with Gasteiger partial charge in [-0.1, -0.05) is 26.8 Å². The molecule has 0 bridgehead atoms. The summed E-state index contributed by atoms with van der Waals surface area (Å²) in [6.07, 6.45) is 4.31. The van der Waals surface area contributed by atoms with Crippen molar-refractivity contribution in [3.8, 4) is 0 Å². The number of nitrogens with two attached hydrogens (primary N) is 1. The highest BCUT2D eigenvalue weighted by Gasteiger charge is 2.26. The molecular formula is C13H23Cl2N3O. The SMILES string of the molecule is CC(C)(C)[C@H](N)C(=O)NCCc1cccnc1.Cl.Cl. The van der Waals surface area contributed by atoms with Crippen LogP contribution in [0.4, 0.5) is 0 Å². The molecule has 0 saturated carbocycles. The molecule has 0 aromatic carbocycles. The normalized spacial score (nSPS) is 11.8. The van der Waals surface area contributed by atoms with Gasteiger partial charge in [-0.3, -0.25) is 9.78 Å². The third-order valence-electron chi connectivity index (χ3n) is 2.65. The summed E-state index contributed by atoms with van der Waals surface area (Å²) in [7, 11) is 0. The lowest BCUT2D eigenvalue weighted by molar-refractivity contribution is -0.124. The van der Waals surface area contributed by atoms with Gasteiger partial charge in [-0.15, -0.1) is 24.8 Å². The molecule has 1 aromatic heterocycles. The van der Waals surface area contributed by atoms with Gasteiger partial charge < -0.3 is 11.1 Å². The van der Waals surface area contributed by atoms with Gasteiger partial charge in [0.1, 0.15) is 0 Å². The molecule has 1 atom stereocenters. The minimum Gasteiger partial charge on any atom is -0.354 e. The number of amides is 1. The van der Waals surface area contributed by atoms with Crippen molar-refractivity contribution in [1.82, 2.24) is 10.3 Å². The quantitative estimate of drug-likeness (QED) is 0.893. The first-order valence-corrected chi connectivity index (χ1v) is 5.83.